The van der Waals surface area contributed by atoms with Crippen LogP contribution in [0.4, 0.5) is 0 Å². The number of methoxy groups -OCH3 is 3. The Morgan fingerprint density at radius 2 is 1.68 bits per heavy atom. The first-order valence-corrected chi connectivity index (χ1v) is 8.08. The summed E-state index contributed by atoms with van der Waals surface area (Å²) in [5.74, 6) is 1.02. The molecule has 0 saturated heterocycles. The topological polar surface area (TPSA) is 97.1 Å². The van der Waals surface area contributed by atoms with Crippen LogP contribution < -0.4 is 18.9 Å². The maximum Gasteiger partial charge on any atom is 0.336 e. The van der Waals surface area contributed by atoms with Gasteiger partial charge in [-0.2, -0.15) is 0 Å². The van der Waals surface area contributed by atoms with Crippen molar-refractivity contribution in [2.45, 2.75) is 0 Å². The van der Waals surface area contributed by atoms with Gasteiger partial charge in [-0.25, -0.2) is 4.79 Å². The van der Waals surface area contributed by atoms with Crippen LogP contribution >= 0.6 is 0 Å². The first-order valence-electron chi connectivity index (χ1n) is 8.08. The first-order chi connectivity index (χ1) is 13.5. The van der Waals surface area contributed by atoms with E-state index in [0.717, 1.165) is 6.20 Å². The second-order valence-corrected chi connectivity index (χ2v) is 5.37. The number of hydrogen-bond donors (Lipinski definition) is 0. The van der Waals surface area contributed by atoms with Crippen LogP contribution in [0.1, 0.15) is 11.1 Å². The van der Waals surface area contributed by atoms with E-state index in [1.54, 1.807) is 37.5 Å². The molecule has 0 aliphatic carbocycles. The van der Waals surface area contributed by atoms with Gasteiger partial charge in [-0.3, -0.25) is 10.1 Å². The molecule has 0 atom stereocenters. The van der Waals surface area contributed by atoms with Gasteiger partial charge in [0.05, 0.1) is 26.3 Å². The van der Waals surface area contributed by atoms with Crippen molar-refractivity contribution in [3.05, 3.63) is 69.9 Å². The van der Waals surface area contributed by atoms with E-state index in [-0.39, 0.29) is 11.5 Å². The van der Waals surface area contributed by atoms with Gasteiger partial charge < -0.3 is 18.9 Å². The lowest BCUT2D eigenvalue weighted by molar-refractivity contribution is -0.400. The van der Waals surface area contributed by atoms with E-state index < -0.39 is 10.9 Å². The largest absolute Gasteiger partial charge is 0.497 e. The highest BCUT2D eigenvalue weighted by atomic mass is 16.6. The minimum absolute atomic E-state index is 0.192. The zero-order valence-electron chi connectivity index (χ0n) is 15.6. The highest BCUT2D eigenvalue weighted by Gasteiger charge is 2.09. The fourth-order valence-corrected chi connectivity index (χ4v) is 2.28. The highest BCUT2D eigenvalue weighted by molar-refractivity contribution is 5.89. The molecular weight excluding hydrogens is 366 g/mol. The monoisotopic (exact) mass is 385 g/mol. The van der Waals surface area contributed by atoms with Gasteiger partial charge in [0.1, 0.15) is 11.5 Å². The predicted molar refractivity (Wildman–Crippen MR) is 103 cm³/mol. The Bertz CT molecular complexity index is 919. The first kappa shape index (κ1) is 20.5. The van der Waals surface area contributed by atoms with Crippen molar-refractivity contribution in [3.63, 3.8) is 0 Å². The van der Waals surface area contributed by atoms with Gasteiger partial charge in [-0.15, -0.1) is 0 Å². The number of carbonyl (C=O) groups excluding carboxylic acids is 1. The van der Waals surface area contributed by atoms with E-state index in [1.165, 1.54) is 38.5 Å². The molecule has 0 aromatic heterocycles. The third-order valence-corrected chi connectivity index (χ3v) is 3.63. The van der Waals surface area contributed by atoms with Crippen molar-refractivity contribution in [3.8, 4) is 23.0 Å². The lowest BCUT2D eigenvalue weighted by atomic mass is 10.1. The molecule has 8 nitrogen and oxygen atoms in total. The van der Waals surface area contributed by atoms with Crippen LogP contribution in [-0.2, 0) is 4.79 Å². The highest BCUT2D eigenvalue weighted by Crippen LogP contribution is 2.29. The summed E-state index contributed by atoms with van der Waals surface area (Å²) in [6, 6.07) is 9.79. The van der Waals surface area contributed by atoms with Crippen LogP contribution in [0.25, 0.3) is 12.2 Å². The number of ether oxygens (including phenoxy) is 4. The summed E-state index contributed by atoms with van der Waals surface area (Å²) in [6.07, 6.45) is 4.93. The normalized spacial score (nSPS) is 10.8. The molecule has 146 valence electrons. The van der Waals surface area contributed by atoms with E-state index in [4.69, 9.17) is 18.9 Å². The van der Waals surface area contributed by atoms with Crippen LogP contribution in [0.2, 0.25) is 0 Å². The predicted octanol–water partition coefficient (Wildman–Crippen LogP) is 3.58. The summed E-state index contributed by atoms with van der Waals surface area (Å²) < 4.78 is 20.9. The van der Waals surface area contributed by atoms with Crippen LogP contribution in [0.3, 0.4) is 0 Å². The molecule has 0 fully saturated rings. The van der Waals surface area contributed by atoms with E-state index in [1.807, 2.05) is 0 Å². The van der Waals surface area contributed by atoms with Gasteiger partial charge in [0.2, 0.25) is 6.20 Å². The van der Waals surface area contributed by atoms with Crippen LogP contribution in [0.5, 0.6) is 23.0 Å². The Hall–Kier alpha value is -3.81. The zero-order chi connectivity index (χ0) is 20.5. The third-order valence-electron chi connectivity index (χ3n) is 3.63. The molecular formula is C20H19NO7. The lowest BCUT2D eigenvalue weighted by Gasteiger charge is -2.09. The van der Waals surface area contributed by atoms with Crippen LogP contribution in [-0.4, -0.2) is 32.2 Å². The minimum atomic E-state index is -0.621. The second-order valence-electron chi connectivity index (χ2n) is 5.37. The number of esters is 1. The average molecular weight is 385 g/mol. The zero-order valence-corrected chi connectivity index (χ0v) is 15.6. The minimum Gasteiger partial charge on any atom is -0.497 e. The molecule has 0 bridgehead atoms. The Kier molecular flexibility index (Phi) is 7.15. The molecule has 0 saturated carbocycles. The summed E-state index contributed by atoms with van der Waals surface area (Å²) in [4.78, 5) is 22.0. The molecule has 0 radical (unpaired) electrons. The molecule has 0 unspecified atom stereocenters. The quantitative estimate of drug-likeness (QED) is 0.225. The number of hydrogen-bond acceptors (Lipinski definition) is 7. The maximum atomic E-state index is 12.1. The Morgan fingerprint density at radius 3 is 2.32 bits per heavy atom. The number of nitrogens with zero attached hydrogens (tertiary/aromatic N) is 1. The number of carbonyl (C=O) groups is 1. The molecule has 8 heteroatoms. The molecule has 28 heavy (non-hydrogen) atoms. The van der Waals surface area contributed by atoms with Gasteiger partial charge in [-0.1, -0.05) is 6.07 Å². The fraction of sp³-hybridized carbons (Fsp3) is 0.150. The van der Waals surface area contributed by atoms with Crippen molar-refractivity contribution >= 4 is 18.1 Å². The van der Waals surface area contributed by atoms with E-state index in [9.17, 15) is 14.9 Å². The molecule has 0 aliphatic rings. The smallest absolute Gasteiger partial charge is 0.336 e. The number of benzene rings is 2. The standard InChI is InChI=1S/C20H19NO7/c1-25-16-7-5-15(18(13-16)26-2)6-9-20(22)28-17-8-4-14(10-11-21(23)24)12-19(17)27-3/h4-13H,1-3H3/b9-6+,11-10+. The van der Waals surface area contributed by atoms with Crippen molar-refractivity contribution in [2.24, 2.45) is 0 Å². The molecule has 0 amide bonds. The molecule has 0 heterocycles. The summed E-state index contributed by atoms with van der Waals surface area (Å²) >= 11 is 0. The van der Waals surface area contributed by atoms with Crippen molar-refractivity contribution in [1.82, 2.24) is 0 Å². The van der Waals surface area contributed by atoms with E-state index >= 15 is 0 Å². The Labute approximate surface area is 161 Å². The summed E-state index contributed by atoms with van der Waals surface area (Å²) in [5.41, 5.74) is 1.21. The second kappa shape index (κ2) is 9.77. The SMILES string of the molecule is COc1ccc(/C=C/C(=O)Oc2ccc(/C=C/[N+](=O)[O-])cc2OC)c(OC)c1. The average Bonchev–Trinajstić information content (AvgIpc) is 2.71. The molecule has 2 rings (SSSR count). The number of rotatable bonds is 8. The molecule has 0 aliphatic heterocycles. The lowest BCUT2D eigenvalue weighted by Crippen LogP contribution is -2.05. The molecule has 0 spiro atoms. The van der Waals surface area contributed by atoms with Crippen LogP contribution in [0.15, 0.2) is 48.7 Å². The molecule has 2 aromatic carbocycles. The van der Waals surface area contributed by atoms with Crippen LogP contribution in [0, 0.1) is 10.1 Å². The fourth-order valence-electron chi connectivity index (χ4n) is 2.28. The summed E-state index contributed by atoms with van der Waals surface area (Å²) in [7, 11) is 4.48. The number of nitro groups is 1. The third kappa shape index (κ3) is 5.60. The van der Waals surface area contributed by atoms with Gasteiger partial charge in [0.25, 0.3) is 0 Å². The van der Waals surface area contributed by atoms with Crippen molar-refractivity contribution in [2.75, 3.05) is 21.3 Å². The van der Waals surface area contributed by atoms with E-state index in [0.29, 0.717) is 22.6 Å². The van der Waals surface area contributed by atoms with Crippen molar-refractivity contribution in [1.29, 1.82) is 0 Å². The van der Waals surface area contributed by atoms with Gasteiger partial charge in [0, 0.05) is 23.8 Å². The summed E-state index contributed by atoms with van der Waals surface area (Å²) in [5, 5.41) is 10.4. The molecule has 0 N–H and O–H groups in total. The maximum absolute atomic E-state index is 12.1. The van der Waals surface area contributed by atoms with Gasteiger partial charge in [-0.05, 0) is 35.9 Å². The summed E-state index contributed by atoms with van der Waals surface area (Å²) in [6.45, 7) is 0. The van der Waals surface area contributed by atoms with Gasteiger partial charge >= 0.3 is 5.97 Å². The van der Waals surface area contributed by atoms with E-state index in [2.05, 4.69) is 0 Å². The van der Waals surface area contributed by atoms with Crippen molar-refractivity contribution < 1.29 is 28.7 Å². The van der Waals surface area contributed by atoms with Gasteiger partial charge in [0.15, 0.2) is 11.5 Å². The Balaban J connectivity index is 2.14. The Morgan fingerprint density at radius 1 is 0.929 bits per heavy atom. The molecule has 2 aromatic rings.